The zero-order valence-corrected chi connectivity index (χ0v) is 22.5. The first-order valence-corrected chi connectivity index (χ1v) is 14.8. The summed E-state index contributed by atoms with van der Waals surface area (Å²) in [4.78, 5) is 0. The Morgan fingerprint density at radius 1 is 0.436 bits per heavy atom. The van der Waals surface area contributed by atoms with Gasteiger partial charge in [-0.3, -0.25) is 0 Å². The van der Waals surface area contributed by atoms with Crippen LogP contribution in [0.5, 0.6) is 0 Å². The van der Waals surface area contributed by atoms with Crippen molar-refractivity contribution in [3.8, 4) is 16.8 Å². The standard InChI is InChI=1S/C36H21NS2/c1-2-9-23(10-3-1)37-30-15-6-4-11-25(30)29-21-22(17-19-31(29)37)24-13-8-14-26-27-18-20-33-34(36(27)39-35(24)26)28-12-5-7-16-32(28)38-33/h1-21H. The maximum absolute atomic E-state index is 2.39. The van der Waals surface area contributed by atoms with Crippen LogP contribution in [0.1, 0.15) is 0 Å². The number of para-hydroxylation sites is 2. The van der Waals surface area contributed by atoms with Gasteiger partial charge >= 0.3 is 0 Å². The second kappa shape index (κ2) is 8.03. The van der Waals surface area contributed by atoms with Gasteiger partial charge in [0.15, 0.2) is 0 Å². The van der Waals surface area contributed by atoms with Crippen LogP contribution in [0.15, 0.2) is 127 Å². The normalized spacial score (nSPS) is 12.1. The van der Waals surface area contributed by atoms with Crippen molar-refractivity contribution < 1.29 is 0 Å². The van der Waals surface area contributed by atoms with Gasteiger partial charge in [0, 0.05) is 56.8 Å². The van der Waals surface area contributed by atoms with Gasteiger partial charge in [0.25, 0.3) is 0 Å². The van der Waals surface area contributed by atoms with Gasteiger partial charge in [0.2, 0.25) is 0 Å². The van der Waals surface area contributed by atoms with Crippen LogP contribution in [-0.4, -0.2) is 4.57 Å². The van der Waals surface area contributed by atoms with E-state index in [1.807, 2.05) is 22.7 Å². The van der Waals surface area contributed by atoms with Crippen LogP contribution in [0.3, 0.4) is 0 Å². The minimum absolute atomic E-state index is 1.19. The third kappa shape index (κ3) is 3.00. The van der Waals surface area contributed by atoms with Gasteiger partial charge < -0.3 is 4.57 Å². The topological polar surface area (TPSA) is 4.93 Å². The SMILES string of the molecule is c1ccc(-n2c3ccccc3c3cc(-c4cccc5c4sc4c5ccc5sc6ccccc6c54)ccc32)cc1. The Labute approximate surface area is 232 Å². The number of nitrogens with zero attached hydrogens (tertiary/aromatic N) is 1. The van der Waals surface area contributed by atoms with E-state index in [1.54, 1.807) is 0 Å². The predicted octanol–water partition coefficient (Wildman–Crippen LogP) is 11.2. The molecule has 0 fully saturated rings. The molecule has 3 aromatic heterocycles. The lowest BCUT2D eigenvalue weighted by molar-refractivity contribution is 1.18. The summed E-state index contributed by atoms with van der Waals surface area (Å²) in [6.45, 7) is 0. The quantitative estimate of drug-likeness (QED) is 0.209. The molecule has 3 heteroatoms. The molecule has 0 aliphatic heterocycles. The van der Waals surface area contributed by atoms with E-state index in [0.717, 1.165) is 0 Å². The van der Waals surface area contributed by atoms with E-state index in [4.69, 9.17) is 0 Å². The van der Waals surface area contributed by atoms with Gasteiger partial charge in [-0.1, -0.05) is 84.9 Å². The summed E-state index contributed by atoms with van der Waals surface area (Å²) < 4.78 is 7.87. The molecule has 0 unspecified atom stereocenters. The Hall–Kier alpha value is -4.44. The fraction of sp³-hybridized carbons (Fsp3) is 0. The molecule has 0 atom stereocenters. The van der Waals surface area contributed by atoms with Crippen LogP contribution in [0.25, 0.3) is 79.0 Å². The second-order valence-corrected chi connectivity index (χ2v) is 12.2. The van der Waals surface area contributed by atoms with Crippen LogP contribution in [-0.2, 0) is 0 Å². The largest absolute Gasteiger partial charge is 0.309 e. The highest BCUT2D eigenvalue weighted by atomic mass is 32.1. The monoisotopic (exact) mass is 531 g/mol. The molecular weight excluding hydrogens is 511 g/mol. The van der Waals surface area contributed by atoms with Crippen LogP contribution in [0.2, 0.25) is 0 Å². The van der Waals surface area contributed by atoms with Crippen LogP contribution >= 0.6 is 22.7 Å². The van der Waals surface area contributed by atoms with Crippen molar-refractivity contribution in [2.45, 2.75) is 0 Å². The van der Waals surface area contributed by atoms with E-state index in [2.05, 4.69) is 132 Å². The third-order valence-corrected chi connectivity index (χ3v) is 10.4. The smallest absolute Gasteiger partial charge is 0.0541 e. The van der Waals surface area contributed by atoms with Crippen molar-refractivity contribution >= 4 is 84.8 Å². The van der Waals surface area contributed by atoms with Gasteiger partial charge in [0.1, 0.15) is 0 Å². The first-order valence-electron chi connectivity index (χ1n) is 13.2. The third-order valence-electron chi connectivity index (χ3n) is 8.00. The summed E-state index contributed by atoms with van der Waals surface area (Å²) in [6.07, 6.45) is 0. The summed E-state index contributed by atoms with van der Waals surface area (Å²) >= 11 is 3.84. The molecule has 3 heterocycles. The van der Waals surface area contributed by atoms with Crippen molar-refractivity contribution in [2.75, 3.05) is 0 Å². The molecule has 9 aromatic rings. The van der Waals surface area contributed by atoms with Crippen molar-refractivity contribution in [1.29, 1.82) is 0 Å². The fourth-order valence-corrected chi connectivity index (χ4v) is 8.86. The minimum atomic E-state index is 1.19. The van der Waals surface area contributed by atoms with Gasteiger partial charge in [-0.2, -0.15) is 0 Å². The molecule has 182 valence electrons. The Morgan fingerprint density at radius 3 is 2.10 bits per heavy atom. The first-order chi connectivity index (χ1) is 19.3. The van der Waals surface area contributed by atoms with Gasteiger partial charge in [-0.25, -0.2) is 0 Å². The molecule has 0 aliphatic carbocycles. The number of rotatable bonds is 2. The van der Waals surface area contributed by atoms with E-state index in [1.165, 1.54) is 79.0 Å². The molecule has 0 aliphatic rings. The van der Waals surface area contributed by atoms with Crippen LogP contribution < -0.4 is 0 Å². The molecule has 0 saturated carbocycles. The second-order valence-electron chi connectivity index (χ2n) is 10.1. The zero-order valence-electron chi connectivity index (χ0n) is 20.9. The van der Waals surface area contributed by atoms with E-state index in [-0.39, 0.29) is 0 Å². The van der Waals surface area contributed by atoms with Crippen LogP contribution in [0, 0.1) is 0 Å². The van der Waals surface area contributed by atoms with E-state index < -0.39 is 0 Å². The summed E-state index contributed by atoms with van der Waals surface area (Å²) in [6, 6.07) is 46.7. The number of benzene rings is 6. The van der Waals surface area contributed by atoms with Crippen molar-refractivity contribution in [3.05, 3.63) is 127 Å². The van der Waals surface area contributed by atoms with E-state index >= 15 is 0 Å². The Kier molecular flexibility index (Phi) is 4.43. The van der Waals surface area contributed by atoms with E-state index in [9.17, 15) is 0 Å². The minimum Gasteiger partial charge on any atom is -0.309 e. The molecule has 9 rings (SSSR count). The predicted molar refractivity (Wildman–Crippen MR) is 172 cm³/mol. The number of hydrogen-bond acceptors (Lipinski definition) is 2. The number of hydrogen-bond donors (Lipinski definition) is 0. The maximum atomic E-state index is 2.39. The lowest BCUT2D eigenvalue weighted by Crippen LogP contribution is -1.92. The summed E-state index contributed by atoms with van der Waals surface area (Å²) in [5, 5.41) is 8.04. The fourth-order valence-electron chi connectivity index (χ4n) is 6.29. The number of thiophene rings is 2. The molecule has 0 spiro atoms. The molecular formula is C36H21NS2. The lowest BCUT2D eigenvalue weighted by atomic mass is 10.00. The number of fused-ring (bicyclic) bond motifs is 10. The lowest BCUT2D eigenvalue weighted by Gasteiger charge is -2.08. The molecule has 0 bridgehead atoms. The van der Waals surface area contributed by atoms with Gasteiger partial charge in [-0.15, -0.1) is 22.7 Å². The molecule has 0 N–H and O–H groups in total. The summed E-state index contributed by atoms with van der Waals surface area (Å²) in [7, 11) is 0. The van der Waals surface area contributed by atoms with Crippen molar-refractivity contribution in [1.82, 2.24) is 4.57 Å². The molecule has 0 radical (unpaired) electrons. The summed E-state index contributed by atoms with van der Waals surface area (Å²) in [5.41, 5.74) is 6.24. The Morgan fingerprint density at radius 2 is 1.18 bits per heavy atom. The van der Waals surface area contributed by atoms with Crippen molar-refractivity contribution in [3.63, 3.8) is 0 Å². The Bertz CT molecular complexity index is 2390. The molecule has 6 aromatic carbocycles. The first kappa shape index (κ1) is 21.5. The molecule has 0 amide bonds. The zero-order chi connectivity index (χ0) is 25.5. The average Bonchev–Trinajstić information content (AvgIpc) is 3.66. The van der Waals surface area contributed by atoms with Crippen LogP contribution in [0.4, 0.5) is 0 Å². The van der Waals surface area contributed by atoms with Gasteiger partial charge in [0.05, 0.1) is 11.0 Å². The maximum Gasteiger partial charge on any atom is 0.0541 e. The highest BCUT2D eigenvalue weighted by molar-refractivity contribution is 7.30. The highest BCUT2D eigenvalue weighted by Gasteiger charge is 2.17. The summed E-state index contributed by atoms with van der Waals surface area (Å²) in [5.74, 6) is 0. The molecule has 1 nitrogen and oxygen atoms in total. The van der Waals surface area contributed by atoms with Gasteiger partial charge in [-0.05, 0) is 53.6 Å². The molecule has 39 heavy (non-hydrogen) atoms. The average molecular weight is 532 g/mol. The Balaban J connectivity index is 1.33. The molecule has 0 saturated heterocycles. The number of aromatic nitrogens is 1. The van der Waals surface area contributed by atoms with Crippen molar-refractivity contribution in [2.24, 2.45) is 0 Å². The van der Waals surface area contributed by atoms with E-state index in [0.29, 0.717) is 0 Å². The highest BCUT2D eigenvalue weighted by Crippen LogP contribution is 2.47.